The third-order valence-electron chi connectivity index (χ3n) is 4.10. The highest BCUT2D eigenvalue weighted by Gasteiger charge is 2.54. The zero-order chi connectivity index (χ0) is 16.3. The van der Waals surface area contributed by atoms with Gasteiger partial charge in [-0.15, -0.1) is 0 Å². The van der Waals surface area contributed by atoms with Crippen LogP contribution in [0.1, 0.15) is 80.6 Å². The summed E-state index contributed by atoms with van der Waals surface area (Å²) in [5, 5.41) is 0. The van der Waals surface area contributed by atoms with Gasteiger partial charge in [0.2, 0.25) is 0 Å². The summed E-state index contributed by atoms with van der Waals surface area (Å²) in [6, 6.07) is 0. The Morgan fingerprint density at radius 1 is 1.10 bits per heavy atom. The van der Waals surface area contributed by atoms with Crippen LogP contribution in [-0.4, -0.2) is 11.9 Å². The van der Waals surface area contributed by atoms with Gasteiger partial charge in [0, 0.05) is 12.8 Å². The lowest BCUT2D eigenvalue weighted by molar-refractivity contribution is -0.163. The molecule has 0 aromatic rings. The molecule has 0 aromatic carbocycles. The van der Waals surface area contributed by atoms with Gasteiger partial charge in [0.1, 0.15) is 0 Å². The molecule has 21 heavy (non-hydrogen) atoms. The van der Waals surface area contributed by atoms with E-state index >= 15 is 0 Å². The minimum absolute atomic E-state index is 0.181. The van der Waals surface area contributed by atoms with Crippen molar-refractivity contribution in [1.82, 2.24) is 0 Å². The van der Waals surface area contributed by atoms with Crippen molar-refractivity contribution in [3.05, 3.63) is 0 Å². The first-order valence-corrected chi connectivity index (χ1v) is 8.09. The second-order valence-electron chi connectivity index (χ2n) is 8.25. The average molecular weight is 300 g/mol. The predicted octanol–water partition coefficient (Wildman–Crippen LogP) is 4.82. The van der Waals surface area contributed by atoms with E-state index < -0.39 is 5.97 Å². The summed E-state index contributed by atoms with van der Waals surface area (Å²) in [4.78, 5) is 21.7. The van der Waals surface area contributed by atoms with E-state index in [1.165, 1.54) is 0 Å². The van der Waals surface area contributed by atoms with Crippen LogP contribution in [0, 0.1) is 16.7 Å². The van der Waals surface area contributed by atoms with Gasteiger partial charge in [0.05, 0.1) is 0 Å². The molecule has 1 aliphatic rings. The van der Waals surface area contributed by atoms with Crippen LogP contribution in [0.25, 0.3) is 0 Å². The standard InChI is InChI=1S/C17H32O4/c1-8-9-10-14(18)19-17(20-21-17)12-11-13(15(2,3)4)16(5,6)7/h13H,8-12H2,1-7H3. The molecule has 1 aliphatic heterocycles. The molecule has 0 radical (unpaired) electrons. The smallest absolute Gasteiger partial charge is 0.383 e. The van der Waals surface area contributed by atoms with Crippen molar-refractivity contribution in [3.63, 3.8) is 0 Å². The summed E-state index contributed by atoms with van der Waals surface area (Å²) in [6.07, 6.45) is 3.71. The lowest BCUT2D eigenvalue weighted by Crippen LogP contribution is -2.34. The molecule has 0 bridgehead atoms. The Bertz CT molecular complexity index is 331. The Hall–Kier alpha value is -0.610. The second kappa shape index (κ2) is 6.66. The highest BCUT2D eigenvalue weighted by atomic mass is 17.5. The number of rotatable bonds is 7. The minimum Gasteiger partial charge on any atom is -0.404 e. The van der Waals surface area contributed by atoms with E-state index in [1.807, 2.05) is 6.92 Å². The van der Waals surface area contributed by atoms with Gasteiger partial charge in [0.15, 0.2) is 0 Å². The molecule has 0 spiro atoms. The molecule has 1 rings (SSSR count). The molecule has 1 heterocycles. The van der Waals surface area contributed by atoms with E-state index in [-0.39, 0.29) is 16.8 Å². The van der Waals surface area contributed by atoms with E-state index in [4.69, 9.17) is 14.5 Å². The Labute approximate surface area is 129 Å². The number of esters is 1. The van der Waals surface area contributed by atoms with Crippen molar-refractivity contribution in [1.29, 1.82) is 0 Å². The van der Waals surface area contributed by atoms with Crippen LogP contribution in [0.5, 0.6) is 0 Å². The summed E-state index contributed by atoms with van der Waals surface area (Å²) in [5.41, 5.74) is 0.362. The number of hydrogen-bond acceptors (Lipinski definition) is 4. The molecule has 1 fully saturated rings. The maximum absolute atomic E-state index is 11.7. The SMILES string of the molecule is CCCCC(=O)OC1(CCC(C(C)(C)C)C(C)(C)C)OO1. The van der Waals surface area contributed by atoms with Crippen LogP contribution in [0.3, 0.4) is 0 Å². The highest BCUT2D eigenvalue weighted by molar-refractivity contribution is 5.69. The number of unbranched alkanes of at least 4 members (excludes halogenated alkanes) is 1. The van der Waals surface area contributed by atoms with Gasteiger partial charge in [-0.05, 0) is 29.6 Å². The van der Waals surface area contributed by atoms with E-state index in [2.05, 4.69) is 41.5 Å². The Balaban J connectivity index is 2.54. The molecule has 1 saturated heterocycles. The van der Waals surface area contributed by atoms with Crippen molar-refractivity contribution in [2.45, 2.75) is 86.5 Å². The van der Waals surface area contributed by atoms with Crippen molar-refractivity contribution < 1.29 is 19.3 Å². The molecule has 0 aliphatic carbocycles. The topological polar surface area (TPSA) is 51.4 Å². The highest BCUT2D eigenvalue weighted by Crippen LogP contribution is 2.46. The van der Waals surface area contributed by atoms with E-state index in [0.717, 1.165) is 19.3 Å². The molecule has 0 aromatic heterocycles. The van der Waals surface area contributed by atoms with Crippen LogP contribution in [-0.2, 0) is 19.3 Å². The van der Waals surface area contributed by atoms with Gasteiger partial charge < -0.3 is 4.74 Å². The average Bonchev–Trinajstić information content (AvgIpc) is 3.03. The number of carbonyl (C=O) groups excluding carboxylic acids is 1. The van der Waals surface area contributed by atoms with Gasteiger partial charge in [-0.1, -0.05) is 54.9 Å². The first-order chi connectivity index (χ1) is 9.50. The lowest BCUT2D eigenvalue weighted by atomic mass is 9.65. The zero-order valence-electron chi connectivity index (χ0n) is 14.7. The predicted molar refractivity (Wildman–Crippen MR) is 82.2 cm³/mol. The Morgan fingerprint density at radius 3 is 2.00 bits per heavy atom. The molecule has 4 nitrogen and oxygen atoms in total. The summed E-state index contributed by atoms with van der Waals surface area (Å²) in [7, 11) is 0. The number of ether oxygens (including phenoxy) is 1. The van der Waals surface area contributed by atoms with E-state index in [1.54, 1.807) is 0 Å². The summed E-state index contributed by atoms with van der Waals surface area (Å²) in [6.45, 7) is 15.5. The summed E-state index contributed by atoms with van der Waals surface area (Å²) in [5.74, 6) is -0.874. The maximum atomic E-state index is 11.7. The zero-order valence-corrected chi connectivity index (χ0v) is 14.7. The van der Waals surface area contributed by atoms with Crippen LogP contribution < -0.4 is 0 Å². The monoisotopic (exact) mass is 300 g/mol. The fourth-order valence-corrected chi connectivity index (χ4v) is 3.25. The second-order valence-corrected chi connectivity index (χ2v) is 8.25. The lowest BCUT2D eigenvalue weighted by Gasteiger charge is -2.41. The molecule has 0 atom stereocenters. The van der Waals surface area contributed by atoms with E-state index in [9.17, 15) is 4.79 Å². The quantitative estimate of drug-likeness (QED) is 0.384. The summed E-state index contributed by atoms with van der Waals surface area (Å²) >= 11 is 0. The third kappa shape index (κ3) is 5.95. The van der Waals surface area contributed by atoms with Crippen LogP contribution in [0.15, 0.2) is 0 Å². The van der Waals surface area contributed by atoms with Crippen molar-refractivity contribution in [2.24, 2.45) is 16.7 Å². The van der Waals surface area contributed by atoms with Gasteiger partial charge in [-0.3, -0.25) is 4.79 Å². The Morgan fingerprint density at radius 2 is 1.62 bits per heavy atom. The van der Waals surface area contributed by atoms with Crippen molar-refractivity contribution in [3.8, 4) is 0 Å². The van der Waals surface area contributed by atoms with Gasteiger partial charge in [-0.25, -0.2) is 0 Å². The van der Waals surface area contributed by atoms with E-state index in [0.29, 0.717) is 18.8 Å². The minimum atomic E-state index is -1.11. The van der Waals surface area contributed by atoms with Crippen LogP contribution in [0.2, 0.25) is 0 Å². The Kier molecular flexibility index (Phi) is 5.84. The van der Waals surface area contributed by atoms with Crippen molar-refractivity contribution in [2.75, 3.05) is 0 Å². The van der Waals surface area contributed by atoms with Crippen LogP contribution >= 0.6 is 0 Å². The molecule has 0 unspecified atom stereocenters. The molecule has 124 valence electrons. The van der Waals surface area contributed by atoms with Gasteiger partial charge >= 0.3 is 11.9 Å². The molecule has 4 heteroatoms. The third-order valence-corrected chi connectivity index (χ3v) is 4.10. The molecule has 0 saturated carbocycles. The van der Waals surface area contributed by atoms with Crippen molar-refractivity contribution >= 4 is 5.97 Å². The molecular weight excluding hydrogens is 268 g/mol. The van der Waals surface area contributed by atoms with Gasteiger partial charge in [0.25, 0.3) is 0 Å². The fourth-order valence-electron chi connectivity index (χ4n) is 3.25. The largest absolute Gasteiger partial charge is 0.404 e. The van der Waals surface area contributed by atoms with Gasteiger partial charge in [-0.2, -0.15) is 9.78 Å². The fraction of sp³-hybridized carbons (Fsp3) is 0.941. The first-order valence-electron chi connectivity index (χ1n) is 8.09. The summed E-state index contributed by atoms with van der Waals surface area (Å²) < 4.78 is 5.34. The number of carbonyl (C=O) groups is 1. The maximum Gasteiger partial charge on any atom is 0.383 e. The molecular formula is C17H32O4. The molecule has 0 N–H and O–H groups in total. The molecule has 0 amide bonds. The first kappa shape index (κ1) is 18.4. The number of hydrogen-bond donors (Lipinski definition) is 0. The normalized spacial score (nSPS) is 17.9. The van der Waals surface area contributed by atoms with Crippen LogP contribution in [0.4, 0.5) is 0 Å².